The summed E-state index contributed by atoms with van der Waals surface area (Å²) >= 11 is 0. The Morgan fingerprint density at radius 2 is 1.94 bits per heavy atom. The number of hydrazine groups is 1. The van der Waals surface area contributed by atoms with Crippen LogP contribution in [0, 0.1) is 0 Å². The second-order valence-electron chi connectivity index (χ2n) is 3.33. The molecule has 0 unspecified atom stereocenters. The van der Waals surface area contributed by atoms with E-state index in [1.165, 1.54) is 0 Å². The molecule has 0 aromatic carbocycles. The molecule has 0 atom stereocenters. The summed E-state index contributed by atoms with van der Waals surface area (Å²) in [5.41, 5.74) is 2.02. The van der Waals surface area contributed by atoms with Gasteiger partial charge in [0, 0.05) is 6.54 Å². The van der Waals surface area contributed by atoms with Gasteiger partial charge in [-0.25, -0.2) is 20.0 Å². The highest BCUT2D eigenvalue weighted by Gasteiger charge is 2.15. The average Bonchev–Trinajstić information content (AvgIpc) is 2.22. The lowest BCUT2D eigenvalue weighted by Crippen LogP contribution is -2.46. The van der Waals surface area contributed by atoms with Gasteiger partial charge in [0.2, 0.25) is 0 Å². The predicted molar refractivity (Wildman–Crippen MR) is 59.0 cm³/mol. The molecule has 0 saturated heterocycles. The van der Waals surface area contributed by atoms with Gasteiger partial charge in [-0.3, -0.25) is 0 Å². The van der Waals surface area contributed by atoms with Gasteiger partial charge in [-0.15, -0.1) is 0 Å². The fourth-order valence-electron chi connectivity index (χ4n) is 1.21. The maximum Gasteiger partial charge on any atom is 0.428 e. The van der Waals surface area contributed by atoms with E-state index < -0.39 is 12.2 Å². The number of amides is 2. The van der Waals surface area contributed by atoms with Gasteiger partial charge in [0.1, 0.15) is 0 Å². The molecule has 0 aliphatic heterocycles. The molecule has 0 bridgehead atoms. The zero-order valence-electron chi connectivity index (χ0n) is 9.86. The molecule has 0 aliphatic rings. The first-order valence-electron chi connectivity index (χ1n) is 5.55. The molecule has 0 spiro atoms. The van der Waals surface area contributed by atoms with Crippen molar-refractivity contribution in [1.29, 1.82) is 0 Å². The largest absolute Gasteiger partial charge is 0.464 e. The number of hydrogen-bond donors (Lipinski definition) is 2. The van der Waals surface area contributed by atoms with Crippen molar-refractivity contribution < 1.29 is 19.4 Å². The Hall–Kier alpha value is -1.46. The maximum absolute atomic E-state index is 11.3. The average molecular weight is 232 g/mol. The number of nitrogens with zero attached hydrogens (tertiary/aromatic N) is 1. The van der Waals surface area contributed by atoms with Crippen molar-refractivity contribution in [2.75, 3.05) is 13.2 Å². The summed E-state index contributed by atoms with van der Waals surface area (Å²) in [6.45, 7) is 4.32. The van der Waals surface area contributed by atoms with E-state index in [1.54, 1.807) is 6.92 Å². The first-order chi connectivity index (χ1) is 7.61. The summed E-state index contributed by atoms with van der Waals surface area (Å²) in [6, 6.07) is 0. The Kier molecular flexibility index (Phi) is 8.01. The fourth-order valence-corrected chi connectivity index (χ4v) is 1.21. The number of unbranched alkanes of at least 4 members (excludes halogenated alkanes) is 3. The molecule has 0 radical (unpaired) electrons. The monoisotopic (exact) mass is 232 g/mol. The quantitative estimate of drug-likeness (QED) is 0.543. The van der Waals surface area contributed by atoms with Crippen LogP contribution in [0.1, 0.15) is 39.5 Å². The molecule has 0 aromatic rings. The number of carbonyl (C=O) groups excluding carboxylic acids is 1. The van der Waals surface area contributed by atoms with Crippen molar-refractivity contribution in [3.05, 3.63) is 0 Å². The van der Waals surface area contributed by atoms with Crippen molar-refractivity contribution in [1.82, 2.24) is 10.4 Å². The number of carbonyl (C=O) groups is 2. The molecule has 0 rings (SSSR count). The second-order valence-corrected chi connectivity index (χ2v) is 3.33. The molecule has 0 saturated carbocycles. The molecule has 2 N–H and O–H groups in total. The van der Waals surface area contributed by atoms with Crippen molar-refractivity contribution >= 4 is 12.2 Å². The van der Waals surface area contributed by atoms with Crippen LogP contribution >= 0.6 is 0 Å². The number of rotatable bonds is 6. The number of nitrogens with one attached hydrogen (secondary N) is 1. The van der Waals surface area contributed by atoms with E-state index in [-0.39, 0.29) is 6.61 Å². The molecule has 0 fully saturated rings. The van der Waals surface area contributed by atoms with E-state index in [1.807, 2.05) is 5.43 Å². The summed E-state index contributed by atoms with van der Waals surface area (Å²) in [7, 11) is 0. The highest BCUT2D eigenvalue weighted by atomic mass is 16.6. The second kappa shape index (κ2) is 8.82. The molecular weight excluding hydrogens is 212 g/mol. The number of hydrogen-bond acceptors (Lipinski definition) is 3. The van der Waals surface area contributed by atoms with Gasteiger partial charge in [-0.2, -0.15) is 0 Å². The Morgan fingerprint density at radius 3 is 2.44 bits per heavy atom. The fraction of sp³-hybridized carbons (Fsp3) is 0.800. The SMILES string of the molecule is CCCCCCN(NC(=O)O)C(=O)OCC. The Balaban J connectivity index is 3.99. The highest BCUT2D eigenvalue weighted by molar-refractivity contribution is 5.72. The lowest BCUT2D eigenvalue weighted by atomic mass is 10.2. The third-order valence-corrected chi connectivity index (χ3v) is 1.95. The third-order valence-electron chi connectivity index (χ3n) is 1.95. The Morgan fingerprint density at radius 1 is 1.25 bits per heavy atom. The molecule has 0 aromatic heterocycles. The molecule has 0 heterocycles. The molecule has 94 valence electrons. The van der Waals surface area contributed by atoms with Crippen molar-refractivity contribution in [2.45, 2.75) is 39.5 Å². The van der Waals surface area contributed by atoms with Crippen molar-refractivity contribution in [2.24, 2.45) is 0 Å². The van der Waals surface area contributed by atoms with E-state index in [4.69, 9.17) is 9.84 Å². The summed E-state index contributed by atoms with van der Waals surface area (Å²) in [5, 5.41) is 9.53. The molecule has 6 heteroatoms. The normalized spacial score (nSPS) is 9.62. The van der Waals surface area contributed by atoms with Crippen LogP contribution in [0.4, 0.5) is 9.59 Å². The van der Waals surface area contributed by atoms with Crippen LogP contribution in [-0.4, -0.2) is 35.5 Å². The molecule has 16 heavy (non-hydrogen) atoms. The van der Waals surface area contributed by atoms with Crippen LogP contribution in [0.5, 0.6) is 0 Å². The van der Waals surface area contributed by atoms with Crippen LogP contribution in [0.2, 0.25) is 0 Å². The van der Waals surface area contributed by atoms with Crippen LogP contribution < -0.4 is 5.43 Å². The van der Waals surface area contributed by atoms with Crippen molar-refractivity contribution in [3.63, 3.8) is 0 Å². The van der Waals surface area contributed by atoms with Gasteiger partial charge in [0.25, 0.3) is 0 Å². The first-order valence-corrected chi connectivity index (χ1v) is 5.55. The topological polar surface area (TPSA) is 78.9 Å². The minimum absolute atomic E-state index is 0.228. The Bertz CT molecular complexity index is 221. The maximum atomic E-state index is 11.3. The molecule has 2 amide bonds. The number of ether oxygens (including phenoxy) is 1. The van der Waals surface area contributed by atoms with Gasteiger partial charge in [0.15, 0.2) is 0 Å². The van der Waals surface area contributed by atoms with Gasteiger partial charge in [-0.1, -0.05) is 26.2 Å². The Labute approximate surface area is 95.5 Å². The zero-order chi connectivity index (χ0) is 12.4. The summed E-state index contributed by atoms with van der Waals surface area (Å²) < 4.78 is 4.72. The standard InChI is InChI=1S/C10H20N2O4/c1-3-5-6-7-8-12(11-9(13)14)10(15)16-4-2/h11H,3-8H2,1-2H3,(H,13,14). The van der Waals surface area contributed by atoms with Crippen LogP contribution in [-0.2, 0) is 4.74 Å². The van der Waals surface area contributed by atoms with Crippen molar-refractivity contribution in [3.8, 4) is 0 Å². The molecule has 0 aliphatic carbocycles. The molecule has 6 nitrogen and oxygen atoms in total. The van der Waals surface area contributed by atoms with E-state index in [2.05, 4.69) is 6.92 Å². The lowest BCUT2D eigenvalue weighted by molar-refractivity contribution is 0.0818. The third kappa shape index (κ3) is 6.92. The minimum atomic E-state index is -1.26. The molecular formula is C10H20N2O4. The summed E-state index contributed by atoms with van der Waals surface area (Å²) in [5.74, 6) is 0. The minimum Gasteiger partial charge on any atom is -0.464 e. The van der Waals surface area contributed by atoms with Gasteiger partial charge in [-0.05, 0) is 13.3 Å². The summed E-state index contributed by atoms with van der Waals surface area (Å²) in [4.78, 5) is 21.8. The zero-order valence-corrected chi connectivity index (χ0v) is 9.86. The van der Waals surface area contributed by atoms with Gasteiger partial charge >= 0.3 is 12.2 Å². The van der Waals surface area contributed by atoms with E-state index in [0.29, 0.717) is 6.54 Å². The van der Waals surface area contributed by atoms with Gasteiger partial charge in [0.05, 0.1) is 6.61 Å². The highest BCUT2D eigenvalue weighted by Crippen LogP contribution is 2.01. The van der Waals surface area contributed by atoms with Gasteiger partial charge < -0.3 is 9.84 Å². The van der Waals surface area contributed by atoms with E-state index >= 15 is 0 Å². The summed E-state index contributed by atoms with van der Waals surface area (Å²) in [6.07, 6.45) is 1.97. The lowest BCUT2D eigenvalue weighted by Gasteiger charge is -2.20. The smallest absolute Gasteiger partial charge is 0.428 e. The van der Waals surface area contributed by atoms with Crippen LogP contribution in [0.3, 0.4) is 0 Å². The van der Waals surface area contributed by atoms with E-state index in [0.717, 1.165) is 30.7 Å². The van der Waals surface area contributed by atoms with Crippen LogP contribution in [0.15, 0.2) is 0 Å². The number of carboxylic acid groups (broad SMARTS) is 1. The first kappa shape index (κ1) is 14.5. The predicted octanol–water partition coefficient (Wildman–Crippen LogP) is 2.21. The van der Waals surface area contributed by atoms with Crippen LogP contribution in [0.25, 0.3) is 0 Å². The van der Waals surface area contributed by atoms with E-state index in [9.17, 15) is 9.59 Å².